The highest BCUT2D eigenvalue weighted by Crippen LogP contribution is 2.25. The van der Waals surface area contributed by atoms with E-state index in [4.69, 9.17) is 5.73 Å². The van der Waals surface area contributed by atoms with Crippen LogP contribution in [0, 0.1) is 11.7 Å². The van der Waals surface area contributed by atoms with Crippen LogP contribution in [0.2, 0.25) is 0 Å². The summed E-state index contributed by atoms with van der Waals surface area (Å²) in [5.74, 6) is -0.190. The molecular formula is C17H26ClFN2O. The van der Waals surface area contributed by atoms with Crippen LogP contribution in [0.1, 0.15) is 38.2 Å². The molecule has 5 heteroatoms. The zero-order chi connectivity index (χ0) is 15.2. The number of halogens is 2. The second-order valence-corrected chi connectivity index (χ2v) is 5.98. The van der Waals surface area contributed by atoms with Gasteiger partial charge >= 0.3 is 0 Å². The first-order chi connectivity index (χ1) is 10.1. The first-order valence-electron chi connectivity index (χ1n) is 7.87. The number of nitrogens with zero attached hydrogens (tertiary/aromatic N) is 1. The van der Waals surface area contributed by atoms with Crippen LogP contribution in [-0.4, -0.2) is 29.9 Å². The minimum atomic E-state index is -0.223. The van der Waals surface area contributed by atoms with Crippen molar-refractivity contribution in [2.75, 3.05) is 13.1 Å². The monoisotopic (exact) mass is 328 g/mol. The van der Waals surface area contributed by atoms with Crippen molar-refractivity contribution in [2.24, 2.45) is 11.7 Å². The molecule has 1 saturated carbocycles. The third kappa shape index (κ3) is 4.96. The van der Waals surface area contributed by atoms with Crippen molar-refractivity contribution in [1.29, 1.82) is 0 Å². The molecule has 2 rings (SSSR count). The molecular weight excluding hydrogens is 303 g/mol. The van der Waals surface area contributed by atoms with E-state index in [2.05, 4.69) is 0 Å². The Morgan fingerprint density at radius 2 is 1.91 bits per heavy atom. The van der Waals surface area contributed by atoms with Crippen molar-refractivity contribution in [1.82, 2.24) is 4.90 Å². The molecule has 0 saturated heterocycles. The second-order valence-electron chi connectivity index (χ2n) is 5.98. The smallest absolute Gasteiger partial charge is 0.226 e. The maximum absolute atomic E-state index is 12.9. The minimum absolute atomic E-state index is 0. The lowest BCUT2D eigenvalue weighted by Crippen LogP contribution is -2.44. The Kier molecular flexibility index (Phi) is 7.83. The Morgan fingerprint density at radius 1 is 1.32 bits per heavy atom. The fourth-order valence-corrected chi connectivity index (χ4v) is 2.97. The number of rotatable bonds is 6. The van der Waals surface area contributed by atoms with Crippen molar-refractivity contribution < 1.29 is 9.18 Å². The molecule has 0 spiro atoms. The maximum Gasteiger partial charge on any atom is 0.226 e. The van der Waals surface area contributed by atoms with Gasteiger partial charge in [0.05, 0.1) is 0 Å². The van der Waals surface area contributed by atoms with Crippen LogP contribution in [0.3, 0.4) is 0 Å². The van der Waals surface area contributed by atoms with Crippen LogP contribution < -0.4 is 5.73 Å². The molecule has 1 aromatic rings. The number of carbonyl (C=O) groups excluding carboxylic acids is 1. The van der Waals surface area contributed by atoms with E-state index in [9.17, 15) is 9.18 Å². The van der Waals surface area contributed by atoms with Crippen LogP contribution in [0.15, 0.2) is 24.3 Å². The summed E-state index contributed by atoms with van der Waals surface area (Å²) >= 11 is 0. The van der Waals surface area contributed by atoms with E-state index in [1.165, 1.54) is 25.0 Å². The highest BCUT2D eigenvalue weighted by Gasteiger charge is 2.28. The molecule has 3 nitrogen and oxygen atoms in total. The van der Waals surface area contributed by atoms with Crippen molar-refractivity contribution in [3.8, 4) is 0 Å². The molecule has 124 valence electrons. The molecule has 1 aromatic carbocycles. The predicted octanol–water partition coefficient (Wildman–Crippen LogP) is 3.16. The lowest BCUT2D eigenvalue weighted by Gasteiger charge is -2.31. The molecule has 1 unspecified atom stereocenters. The zero-order valence-corrected chi connectivity index (χ0v) is 13.9. The average molecular weight is 329 g/mol. The van der Waals surface area contributed by atoms with E-state index in [0.717, 1.165) is 24.8 Å². The van der Waals surface area contributed by atoms with Crippen molar-refractivity contribution in [3.05, 3.63) is 35.6 Å². The first-order valence-corrected chi connectivity index (χ1v) is 7.87. The molecule has 0 aromatic heterocycles. The summed E-state index contributed by atoms with van der Waals surface area (Å²) in [4.78, 5) is 14.5. The fraction of sp³-hybridized carbons (Fsp3) is 0.588. The Hall–Kier alpha value is -1.13. The largest absolute Gasteiger partial charge is 0.339 e. The fourth-order valence-electron chi connectivity index (χ4n) is 2.97. The summed E-state index contributed by atoms with van der Waals surface area (Å²) in [6, 6.07) is 6.88. The van der Waals surface area contributed by atoms with Gasteiger partial charge in [0, 0.05) is 25.0 Å². The van der Waals surface area contributed by atoms with E-state index in [-0.39, 0.29) is 30.0 Å². The van der Waals surface area contributed by atoms with Gasteiger partial charge in [0.1, 0.15) is 5.82 Å². The topological polar surface area (TPSA) is 46.3 Å². The van der Waals surface area contributed by atoms with E-state index in [1.807, 2.05) is 11.8 Å². The Bertz CT molecular complexity index is 460. The SMILES string of the molecule is CC(CN)C(=O)N(CCc1ccc(F)cc1)C1CCCC1.Cl. The Balaban J connectivity index is 0.00000242. The number of hydrogen-bond donors (Lipinski definition) is 1. The second kappa shape index (κ2) is 9.11. The predicted molar refractivity (Wildman–Crippen MR) is 89.5 cm³/mol. The van der Waals surface area contributed by atoms with Gasteiger partial charge in [-0.2, -0.15) is 0 Å². The first kappa shape index (κ1) is 18.9. The molecule has 1 aliphatic carbocycles. The summed E-state index contributed by atoms with van der Waals surface area (Å²) in [5.41, 5.74) is 6.71. The molecule has 1 fully saturated rings. The van der Waals surface area contributed by atoms with E-state index in [0.29, 0.717) is 19.1 Å². The van der Waals surface area contributed by atoms with E-state index < -0.39 is 0 Å². The standard InChI is InChI=1S/C17H25FN2O.ClH/c1-13(12-19)17(21)20(16-4-2-3-5-16)11-10-14-6-8-15(18)9-7-14;/h6-9,13,16H,2-5,10-12,19H2,1H3;1H. The molecule has 2 N–H and O–H groups in total. The van der Waals surface area contributed by atoms with Gasteiger partial charge in [-0.05, 0) is 37.0 Å². The third-order valence-electron chi connectivity index (χ3n) is 4.38. The van der Waals surface area contributed by atoms with Gasteiger partial charge in [-0.3, -0.25) is 4.79 Å². The molecule has 1 aliphatic rings. The highest BCUT2D eigenvalue weighted by atomic mass is 35.5. The summed E-state index contributed by atoms with van der Waals surface area (Å²) in [5, 5.41) is 0. The quantitative estimate of drug-likeness (QED) is 0.872. The molecule has 0 bridgehead atoms. The summed E-state index contributed by atoms with van der Waals surface area (Å²) in [7, 11) is 0. The van der Waals surface area contributed by atoms with E-state index >= 15 is 0 Å². The minimum Gasteiger partial charge on any atom is -0.339 e. The van der Waals surface area contributed by atoms with Crippen molar-refractivity contribution in [3.63, 3.8) is 0 Å². The summed E-state index contributed by atoms with van der Waals surface area (Å²) < 4.78 is 12.9. The molecule has 0 radical (unpaired) electrons. The summed E-state index contributed by atoms with van der Waals surface area (Å²) in [6.45, 7) is 2.97. The van der Waals surface area contributed by atoms with Gasteiger partial charge in [0.25, 0.3) is 0 Å². The highest BCUT2D eigenvalue weighted by molar-refractivity contribution is 5.85. The van der Waals surface area contributed by atoms with Crippen LogP contribution >= 0.6 is 12.4 Å². The normalized spacial score (nSPS) is 16.1. The van der Waals surface area contributed by atoms with Crippen LogP contribution in [-0.2, 0) is 11.2 Å². The number of nitrogens with two attached hydrogens (primary N) is 1. The Labute approximate surface area is 138 Å². The average Bonchev–Trinajstić information content (AvgIpc) is 3.02. The maximum atomic E-state index is 12.9. The van der Waals surface area contributed by atoms with Crippen molar-refractivity contribution in [2.45, 2.75) is 45.1 Å². The van der Waals surface area contributed by atoms with Gasteiger partial charge in [-0.1, -0.05) is 31.9 Å². The van der Waals surface area contributed by atoms with Crippen LogP contribution in [0.4, 0.5) is 4.39 Å². The lowest BCUT2D eigenvalue weighted by molar-refractivity contribution is -0.137. The van der Waals surface area contributed by atoms with Gasteiger partial charge < -0.3 is 10.6 Å². The number of carbonyl (C=O) groups is 1. The molecule has 1 amide bonds. The van der Waals surface area contributed by atoms with Gasteiger partial charge in [-0.25, -0.2) is 4.39 Å². The number of benzene rings is 1. The van der Waals surface area contributed by atoms with Crippen molar-refractivity contribution >= 4 is 18.3 Å². The molecule has 22 heavy (non-hydrogen) atoms. The zero-order valence-electron chi connectivity index (χ0n) is 13.1. The number of hydrogen-bond acceptors (Lipinski definition) is 2. The third-order valence-corrected chi connectivity index (χ3v) is 4.38. The molecule has 0 heterocycles. The summed E-state index contributed by atoms with van der Waals surface area (Å²) in [6.07, 6.45) is 5.34. The number of amides is 1. The van der Waals surface area contributed by atoms with Gasteiger partial charge in [0.2, 0.25) is 5.91 Å². The van der Waals surface area contributed by atoms with E-state index in [1.54, 1.807) is 12.1 Å². The Morgan fingerprint density at radius 3 is 2.45 bits per heavy atom. The van der Waals surface area contributed by atoms with Crippen LogP contribution in [0.25, 0.3) is 0 Å². The molecule has 0 aliphatic heterocycles. The van der Waals surface area contributed by atoms with Gasteiger partial charge in [-0.15, -0.1) is 12.4 Å². The molecule has 1 atom stereocenters. The van der Waals surface area contributed by atoms with Crippen LogP contribution in [0.5, 0.6) is 0 Å². The lowest BCUT2D eigenvalue weighted by atomic mass is 10.1. The van der Waals surface area contributed by atoms with Gasteiger partial charge in [0.15, 0.2) is 0 Å².